The molecule has 0 aliphatic rings. The fourth-order valence-electron chi connectivity index (χ4n) is 2.51. The van der Waals surface area contributed by atoms with Crippen molar-refractivity contribution in [3.8, 4) is 0 Å². The lowest BCUT2D eigenvalue weighted by atomic mass is 10.1. The van der Waals surface area contributed by atoms with Gasteiger partial charge in [0.2, 0.25) is 0 Å². The number of aromatic carboxylic acids is 1. The molecule has 2 N–H and O–H groups in total. The summed E-state index contributed by atoms with van der Waals surface area (Å²) in [5, 5.41) is 18.1. The zero-order valence-electron chi connectivity index (χ0n) is 12.2. The first-order valence-electron chi connectivity index (χ1n) is 6.91. The minimum absolute atomic E-state index is 0.00784. The number of allylic oxidation sites excluding steroid dienone is 1. The van der Waals surface area contributed by atoms with Crippen LogP contribution >= 0.6 is 0 Å². The van der Waals surface area contributed by atoms with Gasteiger partial charge in [0, 0.05) is 23.5 Å². The number of fused-ring (bicyclic) bond motifs is 1. The van der Waals surface area contributed by atoms with E-state index in [1.807, 2.05) is 37.4 Å². The van der Waals surface area contributed by atoms with Gasteiger partial charge in [0.05, 0.1) is 12.2 Å². The zero-order chi connectivity index (χ0) is 15.7. The number of aromatic nitrogens is 4. The second kappa shape index (κ2) is 5.48. The monoisotopic (exact) mass is 296 g/mol. The van der Waals surface area contributed by atoms with E-state index in [1.54, 1.807) is 4.68 Å². The molecular formula is C16H16N4O2. The van der Waals surface area contributed by atoms with Crippen LogP contribution in [0.2, 0.25) is 0 Å². The van der Waals surface area contributed by atoms with Crippen LogP contribution in [0.1, 0.15) is 28.7 Å². The maximum atomic E-state index is 11.4. The third kappa shape index (κ3) is 2.50. The molecule has 0 spiro atoms. The predicted molar refractivity (Wildman–Crippen MR) is 82.9 cm³/mol. The standard InChI is InChI=1S/C16H16N4O2/c1-10(2)9-20-14(15(16(21)22)18-19-20)7-11-8-17-13-6-4-3-5-12(11)13/h3-6,8,17H,1,7,9H2,2H3,(H,21,22). The molecule has 0 radical (unpaired) electrons. The van der Waals surface area contributed by atoms with E-state index in [2.05, 4.69) is 21.9 Å². The van der Waals surface area contributed by atoms with Gasteiger partial charge in [0.25, 0.3) is 0 Å². The number of carboxylic acid groups (broad SMARTS) is 1. The van der Waals surface area contributed by atoms with E-state index in [0.717, 1.165) is 22.0 Å². The fraction of sp³-hybridized carbons (Fsp3) is 0.188. The van der Waals surface area contributed by atoms with Crippen LogP contribution < -0.4 is 0 Å². The first-order chi connectivity index (χ1) is 10.6. The number of benzene rings is 1. The van der Waals surface area contributed by atoms with Gasteiger partial charge in [-0.25, -0.2) is 9.48 Å². The molecule has 0 unspecified atom stereocenters. The molecule has 1 aromatic carbocycles. The molecule has 3 rings (SSSR count). The van der Waals surface area contributed by atoms with E-state index in [-0.39, 0.29) is 5.69 Å². The molecular weight excluding hydrogens is 280 g/mol. The smallest absolute Gasteiger partial charge is 0.358 e. The molecule has 2 aromatic heterocycles. The van der Waals surface area contributed by atoms with Gasteiger partial charge >= 0.3 is 5.97 Å². The van der Waals surface area contributed by atoms with Crippen LogP contribution in [0.25, 0.3) is 10.9 Å². The Hall–Kier alpha value is -2.89. The average molecular weight is 296 g/mol. The first kappa shape index (κ1) is 14.1. The first-order valence-corrected chi connectivity index (χ1v) is 6.91. The number of nitrogens with zero attached hydrogens (tertiary/aromatic N) is 3. The Balaban J connectivity index is 2.05. The van der Waals surface area contributed by atoms with Crippen molar-refractivity contribution in [3.63, 3.8) is 0 Å². The summed E-state index contributed by atoms with van der Waals surface area (Å²) >= 11 is 0. The van der Waals surface area contributed by atoms with Gasteiger partial charge < -0.3 is 10.1 Å². The summed E-state index contributed by atoms with van der Waals surface area (Å²) in [6, 6.07) is 7.91. The molecule has 0 bridgehead atoms. The highest BCUT2D eigenvalue weighted by molar-refractivity contribution is 5.87. The van der Waals surface area contributed by atoms with Crippen LogP contribution in [0.5, 0.6) is 0 Å². The van der Waals surface area contributed by atoms with Crippen molar-refractivity contribution in [2.24, 2.45) is 0 Å². The third-order valence-electron chi connectivity index (χ3n) is 3.49. The second-order valence-electron chi connectivity index (χ2n) is 5.34. The maximum Gasteiger partial charge on any atom is 0.358 e. The molecule has 22 heavy (non-hydrogen) atoms. The molecule has 0 aliphatic carbocycles. The average Bonchev–Trinajstić information content (AvgIpc) is 3.04. The Morgan fingerprint density at radius 1 is 1.41 bits per heavy atom. The summed E-state index contributed by atoms with van der Waals surface area (Å²) in [5.41, 5.74) is 3.51. The maximum absolute atomic E-state index is 11.4. The quantitative estimate of drug-likeness (QED) is 0.709. The van der Waals surface area contributed by atoms with E-state index in [4.69, 9.17) is 0 Å². The number of carbonyl (C=O) groups is 1. The summed E-state index contributed by atoms with van der Waals surface area (Å²) < 4.78 is 1.60. The lowest BCUT2D eigenvalue weighted by molar-refractivity contribution is 0.0689. The number of H-pyrrole nitrogens is 1. The number of nitrogens with one attached hydrogen (secondary N) is 1. The normalized spacial score (nSPS) is 11.0. The summed E-state index contributed by atoms with van der Waals surface area (Å²) in [4.78, 5) is 14.6. The van der Waals surface area contributed by atoms with E-state index in [9.17, 15) is 9.90 Å². The lowest BCUT2D eigenvalue weighted by Crippen LogP contribution is -2.09. The van der Waals surface area contributed by atoms with Crippen LogP contribution in [-0.2, 0) is 13.0 Å². The van der Waals surface area contributed by atoms with Gasteiger partial charge in [-0.3, -0.25) is 0 Å². The molecule has 0 saturated heterocycles. The van der Waals surface area contributed by atoms with Crippen molar-refractivity contribution < 1.29 is 9.90 Å². The molecule has 112 valence electrons. The van der Waals surface area contributed by atoms with Crippen molar-refractivity contribution in [2.75, 3.05) is 0 Å². The number of hydrogen-bond donors (Lipinski definition) is 2. The minimum atomic E-state index is -1.07. The fourth-order valence-corrected chi connectivity index (χ4v) is 2.51. The summed E-state index contributed by atoms with van der Waals surface area (Å²) in [6.07, 6.45) is 2.35. The number of para-hydroxylation sites is 1. The summed E-state index contributed by atoms with van der Waals surface area (Å²) in [6.45, 7) is 6.18. The minimum Gasteiger partial charge on any atom is -0.476 e. The highest BCUT2D eigenvalue weighted by Gasteiger charge is 2.20. The van der Waals surface area contributed by atoms with Gasteiger partial charge in [-0.15, -0.1) is 5.10 Å². The lowest BCUT2D eigenvalue weighted by Gasteiger charge is -2.06. The highest BCUT2D eigenvalue weighted by Crippen LogP contribution is 2.22. The van der Waals surface area contributed by atoms with E-state index in [1.165, 1.54) is 0 Å². The Morgan fingerprint density at radius 3 is 2.91 bits per heavy atom. The summed E-state index contributed by atoms with van der Waals surface area (Å²) in [7, 11) is 0. The van der Waals surface area contributed by atoms with Gasteiger partial charge in [-0.2, -0.15) is 0 Å². The van der Waals surface area contributed by atoms with Crippen LogP contribution in [0, 0.1) is 0 Å². The predicted octanol–water partition coefficient (Wildman–Crippen LogP) is 2.62. The Kier molecular flexibility index (Phi) is 3.50. The molecule has 0 fully saturated rings. The molecule has 2 heterocycles. The molecule has 6 nitrogen and oxygen atoms in total. The Bertz CT molecular complexity index is 860. The Morgan fingerprint density at radius 2 is 2.18 bits per heavy atom. The Labute approximate surface area is 127 Å². The van der Waals surface area contributed by atoms with Crippen molar-refractivity contribution in [1.82, 2.24) is 20.0 Å². The van der Waals surface area contributed by atoms with Crippen LogP contribution in [0.15, 0.2) is 42.6 Å². The SMILES string of the molecule is C=C(C)Cn1nnc(C(=O)O)c1Cc1c[nH]c2ccccc12. The van der Waals surface area contributed by atoms with Crippen molar-refractivity contribution in [3.05, 3.63) is 59.6 Å². The number of hydrogen-bond acceptors (Lipinski definition) is 3. The van der Waals surface area contributed by atoms with E-state index in [0.29, 0.717) is 18.7 Å². The topological polar surface area (TPSA) is 83.8 Å². The molecule has 0 aliphatic heterocycles. The van der Waals surface area contributed by atoms with Crippen molar-refractivity contribution in [2.45, 2.75) is 19.9 Å². The number of aromatic amines is 1. The van der Waals surface area contributed by atoms with E-state index < -0.39 is 5.97 Å². The summed E-state index contributed by atoms with van der Waals surface area (Å²) in [5.74, 6) is -1.07. The zero-order valence-corrected chi connectivity index (χ0v) is 12.2. The van der Waals surface area contributed by atoms with E-state index >= 15 is 0 Å². The molecule has 0 saturated carbocycles. The largest absolute Gasteiger partial charge is 0.476 e. The van der Waals surface area contributed by atoms with Crippen molar-refractivity contribution in [1.29, 1.82) is 0 Å². The van der Waals surface area contributed by atoms with Gasteiger partial charge in [0.1, 0.15) is 0 Å². The molecule has 3 aromatic rings. The van der Waals surface area contributed by atoms with Crippen molar-refractivity contribution >= 4 is 16.9 Å². The molecule has 0 amide bonds. The van der Waals surface area contributed by atoms with Crippen LogP contribution in [-0.4, -0.2) is 31.1 Å². The van der Waals surface area contributed by atoms with Gasteiger partial charge in [-0.05, 0) is 18.6 Å². The highest BCUT2D eigenvalue weighted by atomic mass is 16.4. The number of carboxylic acids is 1. The molecule has 6 heteroatoms. The molecule has 0 atom stereocenters. The van der Waals surface area contributed by atoms with Crippen LogP contribution in [0.3, 0.4) is 0 Å². The van der Waals surface area contributed by atoms with Gasteiger partial charge in [-0.1, -0.05) is 35.6 Å². The van der Waals surface area contributed by atoms with Gasteiger partial charge in [0.15, 0.2) is 5.69 Å². The van der Waals surface area contributed by atoms with Crippen LogP contribution in [0.4, 0.5) is 0 Å². The number of rotatable bonds is 5. The second-order valence-corrected chi connectivity index (χ2v) is 5.34. The third-order valence-corrected chi connectivity index (χ3v) is 3.49.